The van der Waals surface area contributed by atoms with Crippen molar-refractivity contribution in [1.82, 2.24) is 20.1 Å². The van der Waals surface area contributed by atoms with Crippen LogP contribution in [-0.4, -0.2) is 69.2 Å². The molecule has 1 amide bonds. The number of carboxylic acids is 1. The Morgan fingerprint density at radius 2 is 2.02 bits per heavy atom. The summed E-state index contributed by atoms with van der Waals surface area (Å²) in [5, 5.41) is 27.7. The van der Waals surface area contributed by atoms with E-state index in [2.05, 4.69) is 38.0 Å². The minimum absolute atomic E-state index is 0.0788. The summed E-state index contributed by atoms with van der Waals surface area (Å²) in [5.74, 6) is 5.93. The third-order valence-electron chi connectivity index (χ3n) is 8.73. The largest absolute Gasteiger partial charge is 0.479 e. The number of allylic oxidation sites excluding steroid dienone is 1. The van der Waals surface area contributed by atoms with E-state index < -0.39 is 12.0 Å². The summed E-state index contributed by atoms with van der Waals surface area (Å²) in [6.07, 6.45) is 9.64. The zero-order valence-corrected chi connectivity index (χ0v) is 24.3. The Morgan fingerprint density at radius 3 is 2.74 bits per heavy atom. The van der Waals surface area contributed by atoms with Gasteiger partial charge in [-0.05, 0) is 80.4 Å². The van der Waals surface area contributed by atoms with Gasteiger partial charge in [0.2, 0.25) is 5.91 Å². The molecule has 222 valence electrons. The molecule has 11 nitrogen and oxygen atoms in total. The van der Waals surface area contributed by atoms with Crippen LogP contribution in [-0.2, 0) is 33.7 Å². The molecule has 4 heterocycles. The van der Waals surface area contributed by atoms with Crippen LogP contribution in [0.5, 0.6) is 0 Å². The number of aryl methyl sites for hydroxylation is 1. The molecule has 3 aliphatic heterocycles. The molecule has 0 spiro atoms. The number of rotatable bonds is 5. The van der Waals surface area contributed by atoms with Gasteiger partial charge < -0.3 is 19.6 Å². The minimum Gasteiger partial charge on any atom is -0.479 e. The minimum atomic E-state index is -0.984. The number of hydrazone groups is 1. The normalized spacial score (nSPS) is 22.7. The maximum Gasteiger partial charge on any atom is 0.331 e. The van der Waals surface area contributed by atoms with Crippen molar-refractivity contribution in [2.24, 2.45) is 5.10 Å². The van der Waals surface area contributed by atoms with Gasteiger partial charge in [-0.15, -0.1) is 0 Å². The highest BCUT2D eigenvalue weighted by Crippen LogP contribution is 2.40. The van der Waals surface area contributed by atoms with Gasteiger partial charge in [-0.3, -0.25) is 14.9 Å². The van der Waals surface area contributed by atoms with Gasteiger partial charge in [-0.1, -0.05) is 5.92 Å². The van der Waals surface area contributed by atoms with Crippen molar-refractivity contribution in [3.63, 3.8) is 0 Å². The van der Waals surface area contributed by atoms with Crippen molar-refractivity contribution >= 4 is 29.1 Å². The van der Waals surface area contributed by atoms with Crippen LogP contribution < -0.4 is 10.3 Å². The Hall–Kier alpha value is -4.61. The highest BCUT2D eigenvalue weighted by molar-refractivity contribution is 6.09. The summed E-state index contributed by atoms with van der Waals surface area (Å²) >= 11 is 0. The molecular formula is C32H35N7O4. The number of amides is 1. The van der Waals surface area contributed by atoms with Crippen LogP contribution in [0.25, 0.3) is 0 Å². The molecule has 1 unspecified atom stereocenters. The Bertz CT molecular complexity index is 1580. The first kappa shape index (κ1) is 28.5. The molecule has 1 atom stereocenters. The van der Waals surface area contributed by atoms with E-state index in [4.69, 9.17) is 14.9 Å². The average Bonchev–Trinajstić information content (AvgIpc) is 3.41. The number of carbonyl (C=O) groups excluding carboxylic acids is 1. The quantitative estimate of drug-likeness (QED) is 0.514. The number of carboxylic acid groups (broad SMARTS) is 1. The van der Waals surface area contributed by atoms with E-state index >= 15 is 0 Å². The predicted octanol–water partition coefficient (Wildman–Crippen LogP) is 3.22. The number of anilines is 2. The molecule has 1 aliphatic carbocycles. The van der Waals surface area contributed by atoms with Gasteiger partial charge in [-0.25, -0.2) is 4.79 Å². The van der Waals surface area contributed by atoms with Gasteiger partial charge in [0, 0.05) is 43.4 Å². The molecule has 1 aromatic carbocycles. The van der Waals surface area contributed by atoms with Crippen molar-refractivity contribution < 1.29 is 19.4 Å². The maximum absolute atomic E-state index is 12.3. The van der Waals surface area contributed by atoms with E-state index in [1.165, 1.54) is 17.3 Å². The number of nitrogens with zero attached hydrogens (tertiary/aromatic N) is 6. The number of nitriles is 1. The fourth-order valence-corrected chi connectivity index (χ4v) is 6.46. The SMILES string of the molecule is CC(=O)N1CCc2c(c(N3CCCc4cc(C#N)ccc43)nn2C2CCC(OCC#CC3=NNC(C(=O)O)C=C3)CC2)C1. The first-order chi connectivity index (χ1) is 20.9. The van der Waals surface area contributed by atoms with Crippen molar-refractivity contribution in [3.8, 4) is 17.9 Å². The number of hydrogen-bond donors (Lipinski definition) is 2. The van der Waals surface area contributed by atoms with Crippen LogP contribution in [0.4, 0.5) is 11.5 Å². The monoisotopic (exact) mass is 581 g/mol. The Labute approximate surface area is 250 Å². The zero-order valence-electron chi connectivity index (χ0n) is 24.3. The number of aromatic nitrogens is 2. The third-order valence-corrected chi connectivity index (χ3v) is 8.73. The lowest BCUT2D eigenvalue weighted by atomic mass is 9.92. The fourth-order valence-electron chi connectivity index (χ4n) is 6.46. The molecule has 11 heteroatoms. The fraction of sp³-hybridized carbons (Fsp3) is 0.469. The number of carbonyl (C=O) groups is 2. The molecule has 0 saturated heterocycles. The molecule has 2 N–H and O–H groups in total. The molecule has 1 fully saturated rings. The Morgan fingerprint density at radius 1 is 1.19 bits per heavy atom. The van der Waals surface area contributed by atoms with Gasteiger partial charge in [0.1, 0.15) is 12.3 Å². The number of ether oxygens (including phenoxy) is 1. The number of fused-ring (bicyclic) bond motifs is 2. The molecule has 2 aromatic rings. The summed E-state index contributed by atoms with van der Waals surface area (Å²) in [7, 11) is 0. The number of benzene rings is 1. The van der Waals surface area contributed by atoms with Crippen molar-refractivity contribution in [2.45, 2.75) is 76.6 Å². The lowest BCUT2D eigenvalue weighted by Gasteiger charge is -2.32. The second kappa shape index (κ2) is 12.3. The average molecular weight is 582 g/mol. The molecule has 6 rings (SSSR count). The van der Waals surface area contributed by atoms with Gasteiger partial charge in [0.25, 0.3) is 0 Å². The maximum atomic E-state index is 12.3. The summed E-state index contributed by atoms with van der Waals surface area (Å²) in [5.41, 5.74) is 8.34. The molecule has 4 aliphatic rings. The molecule has 43 heavy (non-hydrogen) atoms. The zero-order chi connectivity index (χ0) is 29.9. The summed E-state index contributed by atoms with van der Waals surface area (Å²) in [6.45, 7) is 4.02. The number of hydrogen-bond acceptors (Lipinski definition) is 8. The second-order valence-corrected chi connectivity index (χ2v) is 11.4. The number of aliphatic carboxylic acids is 1. The summed E-state index contributed by atoms with van der Waals surface area (Å²) < 4.78 is 8.29. The predicted molar refractivity (Wildman–Crippen MR) is 160 cm³/mol. The van der Waals surface area contributed by atoms with Gasteiger partial charge in [0.05, 0.1) is 30.3 Å². The first-order valence-corrected chi connectivity index (χ1v) is 14.9. The molecule has 1 aromatic heterocycles. The molecule has 0 radical (unpaired) electrons. The Balaban J connectivity index is 1.14. The van der Waals surface area contributed by atoms with E-state index in [0.717, 1.165) is 68.6 Å². The molecular weight excluding hydrogens is 546 g/mol. The standard InChI is InChI=1S/C32H35N7O4/c1-21(40)37-16-14-30-27(20-37)31(38-15-2-4-23-18-22(19-33)6-13-29(23)38)36-39(30)25-8-10-26(11-9-25)43-17-3-5-24-7-12-28(32(41)42)35-34-24/h6-7,12-13,18,25-26,28,35H,2,4,8-11,14-17,20H2,1H3,(H,41,42). The second-order valence-electron chi connectivity index (χ2n) is 11.4. The first-order valence-electron chi connectivity index (χ1n) is 14.9. The Kier molecular flexibility index (Phi) is 8.17. The van der Waals surface area contributed by atoms with E-state index in [1.807, 2.05) is 23.1 Å². The highest BCUT2D eigenvalue weighted by Gasteiger charge is 2.34. The van der Waals surface area contributed by atoms with E-state index in [-0.39, 0.29) is 24.7 Å². The lowest BCUT2D eigenvalue weighted by molar-refractivity contribution is -0.138. The van der Waals surface area contributed by atoms with Crippen molar-refractivity contribution in [2.75, 3.05) is 24.6 Å². The van der Waals surface area contributed by atoms with E-state index in [9.17, 15) is 14.9 Å². The van der Waals surface area contributed by atoms with E-state index in [1.54, 1.807) is 13.0 Å². The summed E-state index contributed by atoms with van der Waals surface area (Å²) in [6, 6.07) is 7.60. The lowest BCUT2D eigenvalue weighted by Crippen LogP contribution is -2.36. The third kappa shape index (κ3) is 5.99. The summed E-state index contributed by atoms with van der Waals surface area (Å²) in [4.78, 5) is 27.5. The van der Waals surface area contributed by atoms with Crippen molar-refractivity contribution in [3.05, 3.63) is 52.7 Å². The van der Waals surface area contributed by atoms with Crippen LogP contribution in [0.1, 0.15) is 67.5 Å². The molecule has 1 saturated carbocycles. The van der Waals surface area contributed by atoms with E-state index in [0.29, 0.717) is 24.4 Å². The van der Waals surface area contributed by atoms with Crippen LogP contribution in [0.15, 0.2) is 35.5 Å². The van der Waals surface area contributed by atoms with Gasteiger partial charge >= 0.3 is 5.97 Å². The molecule has 0 bridgehead atoms. The highest BCUT2D eigenvalue weighted by atomic mass is 16.5. The van der Waals surface area contributed by atoms with Gasteiger partial charge in [-0.2, -0.15) is 15.5 Å². The van der Waals surface area contributed by atoms with Crippen molar-refractivity contribution in [1.29, 1.82) is 5.26 Å². The number of nitrogens with one attached hydrogen (secondary N) is 1. The van der Waals surface area contributed by atoms with Crippen LogP contribution >= 0.6 is 0 Å². The van der Waals surface area contributed by atoms with Crippen LogP contribution in [0, 0.1) is 23.2 Å². The topological polar surface area (TPSA) is 136 Å². The van der Waals surface area contributed by atoms with Gasteiger partial charge in [0.15, 0.2) is 11.9 Å². The van der Waals surface area contributed by atoms with Crippen LogP contribution in [0.3, 0.4) is 0 Å². The van der Waals surface area contributed by atoms with Crippen LogP contribution in [0.2, 0.25) is 0 Å². The smallest absolute Gasteiger partial charge is 0.331 e.